The summed E-state index contributed by atoms with van der Waals surface area (Å²) >= 11 is 13.3. The molecular weight excluding hydrogens is 343 g/mol. The Bertz CT molecular complexity index is 645. The van der Waals surface area contributed by atoms with Gasteiger partial charge in [0.2, 0.25) is 5.91 Å². The van der Waals surface area contributed by atoms with Gasteiger partial charge in [-0.1, -0.05) is 29.3 Å². The van der Waals surface area contributed by atoms with Gasteiger partial charge in [-0.15, -0.1) is 11.3 Å². The standard InChI is InChI=1S/C15H14Cl2N2O2S/c16-11-5-6-14(13(17)9-11)21-7-1-4-15(20)19-18-10-12-3-2-8-22-12/h2-3,5-6,8-10H,1,4,7H2,(H,19,20)/b18-10+. The summed E-state index contributed by atoms with van der Waals surface area (Å²) in [5.74, 6) is 0.404. The van der Waals surface area contributed by atoms with Gasteiger partial charge < -0.3 is 4.74 Å². The lowest BCUT2D eigenvalue weighted by Gasteiger charge is -2.07. The molecule has 0 bridgehead atoms. The number of nitrogens with zero attached hydrogens (tertiary/aromatic N) is 1. The van der Waals surface area contributed by atoms with Crippen LogP contribution in [0, 0.1) is 0 Å². The van der Waals surface area contributed by atoms with E-state index in [1.165, 1.54) is 0 Å². The van der Waals surface area contributed by atoms with Crippen molar-refractivity contribution in [1.82, 2.24) is 5.43 Å². The van der Waals surface area contributed by atoms with E-state index < -0.39 is 0 Å². The number of hydrogen-bond donors (Lipinski definition) is 1. The zero-order chi connectivity index (χ0) is 15.8. The van der Waals surface area contributed by atoms with Crippen molar-refractivity contribution >= 4 is 46.7 Å². The molecule has 116 valence electrons. The number of thiophene rings is 1. The Balaban J connectivity index is 1.64. The van der Waals surface area contributed by atoms with E-state index in [2.05, 4.69) is 10.5 Å². The number of carbonyl (C=O) groups excluding carboxylic acids is 1. The van der Waals surface area contributed by atoms with Gasteiger partial charge >= 0.3 is 0 Å². The molecule has 0 saturated carbocycles. The summed E-state index contributed by atoms with van der Waals surface area (Å²) in [5, 5.41) is 6.84. The zero-order valence-corrected chi connectivity index (χ0v) is 13.9. The first-order chi connectivity index (χ1) is 10.6. The first-order valence-corrected chi connectivity index (χ1v) is 8.22. The number of nitrogens with one attached hydrogen (secondary N) is 1. The zero-order valence-electron chi connectivity index (χ0n) is 11.6. The van der Waals surface area contributed by atoms with Gasteiger partial charge in [0.05, 0.1) is 17.8 Å². The Morgan fingerprint density at radius 2 is 2.23 bits per heavy atom. The predicted molar refractivity (Wildman–Crippen MR) is 91.2 cm³/mol. The van der Waals surface area contributed by atoms with Gasteiger partial charge in [-0.2, -0.15) is 5.10 Å². The van der Waals surface area contributed by atoms with Crippen LogP contribution in [0.2, 0.25) is 10.0 Å². The summed E-state index contributed by atoms with van der Waals surface area (Å²) in [6, 6.07) is 8.87. The third-order valence-corrected chi connectivity index (χ3v) is 3.96. The normalized spacial score (nSPS) is 10.8. The lowest BCUT2D eigenvalue weighted by Crippen LogP contribution is -2.17. The van der Waals surface area contributed by atoms with E-state index >= 15 is 0 Å². The molecule has 0 saturated heterocycles. The SMILES string of the molecule is O=C(CCCOc1ccc(Cl)cc1Cl)N/N=C/c1cccs1. The molecule has 1 aromatic heterocycles. The minimum absolute atomic E-state index is 0.154. The number of ether oxygens (including phenoxy) is 1. The monoisotopic (exact) mass is 356 g/mol. The van der Waals surface area contributed by atoms with Crippen LogP contribution in [0.15, 0.2) is 40.8 Å². The molecule has 0 aliphatic carbocycles. The van der Waals surface area contributed by atoms with Crippen LogP contribution >= 0.6 is 34.5 Å². The van der Waals surface area contributed by atoms with E-state index in [9.17, 15) is 4.79 Å². The summed E-state index contributed by atoms with van der Waals surface area (Å²) in [7, 11) is 0. The molecule has 0 unspecified atom stereocenters. The number of hydrazone groups is 1. The Labute approximate surface area is 142 Å². The van der Waals surface area contributed by atoms with Gasteiger partial charge in [-0.3, -0.25) is 4.79 Å². The van der Waals surface area contributed by atoms with Crippen LogP contribution in [0.25, 0.3) is 0 Å². The first-order valence-electron chi connectivity index (χ1n) is 6.58. The number of rotatable bonds is 7. The third-order valence-electron chi connectivity index (χ3n) is 2.62. The summed E-state index contributed by atoms with van der Waals surface area (Å²) in [5.41, 5.74) is 2.48. The van der Waals surface area contributed by atoms with E-state index in [0.29, 0.717) is 35.2 Å². The molecule has 0 aliphatic rings. The average molecular weight is 357 g/mol. The highest BCUT2D eigenvalue weighted by molar-refractivity contribution is 7.11. The average Bonchev–Trinajstić information content (AvgIpc) is 2.99. The van der Waals surface area contributed by atoms with Gasteiger partial charge in [0.1, 0.15) is 5.75 Å². The van der Waals surface area contributed by atoms with Crippen LogP contribution in [-0.2, 0) is 4.79 Å². The quantitative estimate of drug-likeness (QED) is 0.455. The topological polar surface area (TPSA) is 50.7 Å². The van der Waals surface area contributed by atoms with Crippen molar-refractivity contribution in [3.63, 3.8) is 0 Å². The largest absolute Gasteiger partial charge is 0.492 e. The van der Waals surface area contributed by atoms with Crippen molar-refractivity contribution in [1.29, 1.82) is 0 Å². The van der Waals surface area contributed by atoms with Gasteiger partial charge in [-0.05, 0) is 36.1 Å². The smallest absolute Gasteiger partial charge is 0.240 e. The molecule has 1 N–H and O–H groups in total. The van der Waals surface area contributed by atoms with Crippen molar-refractivity contribution in [3.8, 4) is 5.75 Å². The highest BCUT2D eigenvalue weighted by Gasteiger charge is 2.04. The fraction of sp³-hybridized carbons (Fsp3) is 0.200. The molecule has 7 heteroatoms. The Morgan fingerprint density at radius 3 is 2.95 bits per heavy atom. The molecule has 1 heterocycles. The van der Waals surface area contributed by atoms with Crippen LogP contribution < -0.4 is 10.2 Å². The van der Waals surface area contributed by atoms with Crippen molar-refractivity contribution in [2.24, 2.45) is 5.10 Å². The van der Waals surface area contributed by atoms with Crippen LogP contribution in [0.5, 0.6) is 5.75 Å². The molecule has 2 aromatic rings. The maximum absolute atomic E-state index is 11.6. The molecule has 0 atom stereocenters. The first kappa shape index (κ1) is 16.8. The number of benzene rings is 1. The molecule has 0 fully saturated rings. The summed E-state index contributed by atoms with van der Waals surface area (Å²) in [6.45, 7) is 0.392. The lowest BCUT2D eigenvalue weighted by molar-refractivity contribution is -0.121. The van der Waals surface area contributed by atoms with Crippen LogP contribution in [0.4, 0.5) is 0 Å². The second-order valence-electron chi connectivity index (χ2n) is 4.34. The fourth-order valence-electron chi connectivity index (χ4n) is 1.60. The maximum atomic E-state index is 11.6. The Hall–Kier alpha value is -1.56. The van der Waals surface area contributed by atoms with Gasteiger partial charge in [-0.25, -0.2) is 5.43 Å². The van der Waals surface area contributed by atoms with Crippen molar-refractivity contribution < 1.29 is 9.53 Å². The lowest BCUT2D eigenvalue weighted by atomic mass is 10.3. The number of hydrogen-bond acceptors (Lipinski definition) is 4. The van der Waals surface area contributed by atoms with Crippen molar-refractivity contribution in [3.05, 3.63) is 50.6 Å². The summed E-state index contributed by atoms with van der Waals surface area (Å²) < 4.78 is 5.50. The molecule has 2 rings (SSSR count). The minimum Gasteiger partial charge on any atom is -0.492 e. The van der Waals surface area contributed by atoms with E-state index in [0.717, 1.165) is 4.88 Å². The fourth-order valence-corrected chi connectivity index (χ4v) is 2.64. The van der Waals surface area contributed by atoms with Crippen LogP contribution in [-0.4, -0.2) is 18.7 Å². The molecule has 4 nitrogen and oxygen atoms in total. The number of halogens is 2. The van der Waals surface area contributed by atoms with Gasteiger partial charge in [0.15, 0.2) is 0 Å². The van der Waals surface area contributed by atoms with E-state index in [-0.39, 0.29) is 5.91 Å². The highest BCUT2D eigenvalue weighted by Crippen LogP contribution is 2.27. The second-order valence-corrected chi connectivity index (χ2v) is 6.16. The maximum Gasteiger partial charge on any atom is 0.240 e. The predicted octanol–water partition coefficient (Wildman–Crippen LogP) is 4.36. The molecular formula is C15H14Cl2N2O2S. The number of amides is 1. The summed E-state index contributed by atoms with van der Waals surface area (Å²) in [4.78, 5) is 12.6. The van der Waals surface area contributed by atoms with Gasteiger partial charge in [0, 0.05) is 16.3 Å². The Morgan fingerprint density at radius 1 is 1.36 bits per heavy atom. The van der Waals surface area contributed by atoms with Crippen molar-refractivity contribution in [2.45, 2.75) is 12.8 Å². The van der Waals surface area contributed by atoms with E-state index in [1.807, 2.05) is 17.5 Å². The van der Waals surface area contributed by atoms with Gasteiger partial charge in [0.25, 0.3) is 0 Å². The van der Waals surface area contributed by atoms with Crippen LogP contribution in [0.1, 0.15) is 17.7 Å². The molecule has 0 spiro atoms. The molecule has 0 radical (unpaired) electrons. The molecule has 22 heavy (non-hydrogen) atoms. The Kier molecular flexibility index (Phi) is 6.71. The number of carbonyl (C=O) groups is 1. The van der Waals surface area contributed by atoms with Crippen molar-refractivity contribution in [2.75, 3.05) is 6.61 Å². The minimum atomic E-state index is -0.154. The summed E-state index contributed by atoms with van der Waals surface area (Å²) in [6.07, 6.45) is 2.51. The third kappa shape index (κ3) is 5.67. The molecule has 1 amide bonds. The molecule has 0 aliphatic heterocycles. The van der Waals surface area contributed by atoms with E-state index in [1.54, 1.807) is 35.8 Å². The molecule has 1 aromatic carbocycles. The second kappa shape index (κ2) is 8.78. The van der Waals surface area contributed by atoms with Crippen LogP contribution in [0.3, 0.4) is 0 Å². The van der Waals surface area contributed by atoms with E-state index in [4.69, 9.17) is 27.9 Å². The highest BCUT2D eigenvalue weighted by atomic mass is 35.5.